The van der Waals surface area contributed by atoms with Crippen LogP contribution in [0.2, 0.25) is 0 Å². The Morgan fingerprint density at radius 1 is 1.44 bits per heavy atom. The lowest BCUT2D eigenvalue weighted by molar-refractivity contribution is 0.340. The quantitative estimate of drug-likeness (QED) is 0.885. The third-order valence-electron chi connectivity index (χ3n) is 3.52. The summed E-state index contributed by atoms with van der Waals surface area (Å²) >= 11 is 3.65. The average Bonchev–Trinajstić information content (AvgIpc) is 2.31. The Morgan fingerprint density at radius 2 is 2.25 bits per heavy atom. The first-order chi connectivity index (χ1) is 7.77. The Balaban J connectivity index is 1.96. The van der Waals surface area contributed by atoms with Crippen LogP contribution in [0.3, 0.4) is 0 Å². The van der Waals surface area contributed by atoms with Gasteiger partial charge in [0.1, 0.15) is 0 Å². The van der Waals surface area contributed by atoms with Crippen LogP contribution in [-0.4, -0.2) is 13.1 Å². The van der Waals surface area contributed by atoms with Crippen molar-refractivity contribution in [3.8, 4) is 0 Å². The van der Waals surface area contributed by atoms with E-state index < -0.39 is 0 Å². The van der Waals surface area contributed by atoms with E-state index in [-0.39, 0.29) is 0 Å². The standard InChI is InChI=1S/C14H20BrN/c1-11(9-12-5-4-8-16-10-12)13-6-2-3-7-14(13)15/h2-3,6-7,11-12,16H,4-5,8-10H2,1H3. The zero-order valence-electron chi connectivity index (χ0n) is 9.88. The van der Waals surface area contributed by atoms with Gasteiger partial charge >= 0.3 is 0 Å². The van der Waals surface area contributed by atoms with Crippen LogP contribution in [-0.2, 0) is 0 Å². The largest absolute Gasteiger partial charge is 0.316 e. The van der Waals surface area contributed by atoms with Crippen molar-refractivity contribution in [2.24, 2.45) is 5.92 Å². The van der Waals surface area contributed by atoms with E-state index in [0.717, 1.165) is 5.92 Å². The number of hydrogen-bond donors (Lipinski definition) is 1. The number of piperidine rings is 1. The van der Waals surface area contributed by atoms with Gasteiger partial charge in [0, 0.05) is 4.47 Å². The lowest BCUT2D eigenvalue weighted by atomic mass is 9.86. The van der Waals surface area contributed by atoms with E-state index in [2.05, 4.69) is 52.4 Å². The lowest BCUT2D eigenvalue weighted by Gasteiger charge is -2.26. The van der Waals surface area contributed by atoms with Gasteiger partial charge in [0.25, 0.3) is 0 Å². The van der Waals surface area contributed by atoms with Gasteiger partial charge in [0.15, 0.2) is 0 Å². The van der Waals surface area contributed by atoms with Crippen LogP contribution in [0.5, 0.6) is 0 Å². The number of nitrogens with one attached hydrogen (secondary N) is 1. The minimum Gasteiger partial charge on any atom is -0.316 e. The van der Waals surface area contributed by atoms with Crippen LogP contribution in [0, 0.1) is 5.92 Å². The summed E-state index contributed by atoms with van der Waals surface area (Å²) in [5.74, 6) is 1.51. The summed E-state index contributed by atoms with van der Waals surface area (Å²) in [5.41, 5.74) is 1.45. The van der Waals surface area contributed by atoms with Crippen molar-refractivity contribution >= 4 is 15.9 Å². The van der Waals surface area contributed by atoms with E-state index >= 15 is 0 Å². The summed E-state index contributed by atoms with van der Waals surface area (Å²) in [7, 11) is 0. The Hall–Kier alpha value is -0.340. The van der Waals surface area contributed by atoms with E-state index in [1.54, 1.807) is 0 Å². The van der Waals surface area contributed by atoms with Gasteiger partial charge in [-0.2, -0.15) is 0 Å². The zero-order valence-corrected chi connectivity index (χ0v) is 11.5. The molecule has 2 heteroatoms. The second kappa shape index (κ2) is 5.83. The van der Waals surface area contributed by atoms with E-state index in [9.17, 15) is 0 Å². The minimum absolute atomic E-state index is 0.653. The molecule has 1 saturated heterocycles. The number of benzene rings is 1. The molecule has 16 heavy (non-hydrogen) atoms. The molecule has 0 radical (unpaired) electrons. The Labute approximate surface area is 107 Å². The second-order valence-corrected chi connectivity index (χ2v) is 5.72. The molecule has 0 spiro atoms. The van der Waals surface area contributed by atoms with Gasteiger partial charge in [-0.1, -0.05) is 41.1 Å². The maximum atomic E-state index is 3.65. The summed E-state index contributed by atoms with van der Waals surface area (Å²) in [4.78, 5) is 0. The predicted octanol–water partition coefficient (Wildman–Crippen LogP) is 3.94. The first-order valence-corrected chi connectivity index (χ1v) is 7.02. The zero-order chi connectivity index (χ0) is 11.4. The van der Waals surface area contributed by atoms with Crippen molar-refractivity contribution in [3.05, 3.63) is 34.3 Å². The highest BCUT2D eigenvalue weighted by atomic mass is 79.9. The second-order valence-electron chi connectivity index (χ2n) is 4.87. The van der Waals surface area contributed by atoms with Gasteiger partial charge in [-0.3, -0.25) is 0 Å². The molecule has 1 aliphatic rings. The molecule has 1 nitrogen and oxygen atoms in total. The Bertz CT molecular complexity index is 331. The van der Waals surface area contributed by atoms with Crippen molar-refractivity contribution in [3.63, 3.8) is 0 Å². The van der Waals surface area contributed by atoms with Crippen molar-refractivity contribution in [1.82, 2.24) is 5.32 Å². The van der Waals surface area contributed by atoms with Crippen molar-refractivity contribution in [2.45, 2.75) is 32.1 Å². The highest BCUT2D eigenvalue weighted by molar-refractivity contribution is 9.10. The SMILES string of the molecule is CC(CC1CCCNC1)c1ccccc1Br. The summed E-state index contributed by atoms with van der Waals surface area (Å²) < 4.78 is 1.26. The first-order valence-electron chi connectivity index (χ1n) is 6.22. The van der Waals surface area contributed by atoms with Crippen LogP contribution in [0.1, 0.15) is 37.7 Å². The van der Waals surface area contributed by atoms with Crippen molar-refractivity contribution < 1.29 is 0 Å². The molecule has 0 saturated carbocycles. The molecule has 1 fully saturated rings. The fourth-order valence-electron chi connectivity index (χ4n) is 2.63. The summed E-state index contributed by atoms with van der Waals surface area (Å²) in [6.45, 7) is 4.75. The van der Waals surface area contributed by atoms with Gasteiger partial charge < -0.3 is 5.32 Å². The van der Waals surface area contributed by atoms with Gasteiger partial charge in [-0.25, -0.2) is 0 Å². The molecule has 2 atom stereocenters. The van der Waals surface area contributed by atoms with E-state index in [1.807, 2.05) is 0 Å². The molecule has 1 aromatic rings. The maximum Gasteiger partial charge on any atom is 0.0210 e. The molecule has 2 unspecified atom stereocenters. The minimum atomic E-state index is 0.653. The number of halogens is 1. The van der Waals surface area contributed by atoms with Crippen molar-refractivity contribution in [1.29, 1.82) is 0 Å². The molecule has 88 valence electrons. The highest BCUT2D eigenvalue weighted by Gasteiger charge is 2.18. The van der Waals surface area contributed by atoms with Crippen LogP contribution < -0.4 is 5.32 Å². The van der Waals surface area contributed by atoms with Crippen LogP contribution in [0.15, 0.2) is 28.7 Å². The topological polar surface area (TPSA) is 12.0 Å². The highest BCUT2D eigenvalue weighted by Crippen LogP contribution is 2.31. The molecule has 1 heterocycles. The molecule has 1 aromatic carbocycles. The van der Waals surface area contributed by atoms with E-state index in [1.165, 1.54) is 42.4 Å². The van der Waals surface area contributed by atoms with Gasteiger partial charge in [-0.15, -0.1) is 0 Å². The molecule has 0 amide bonds. The first kappa shape index (κ1) is 12.1. The van der Waals surface area contributed by atoms with Crippen molar-refractivity contribution in [2.75, 3.05) is 13.1 Å². The molecule has 0 bridgehead atoms. The molecule has 1 aliphatic heterocycles. The molecule has 1 N–H and O–H groups in total. The van der Waals surface area contributed by atoms with E-state index in [0.29, 0.717) is 5.92 Å². The van der Waals surface area contributed by atoms with Gasteiger partial charge in [0.05, 0.1) is 0 Å². The fourth-order valence-corrected chi connectivity index (χ4v) is 3.30. The normalized spacial score (nSPS) is 23.0. The summed E-state index contributed by atoms with van der Waals surface area (Å²) in [6, 6.07) is 8.61. The summed E-state index contributed by atoms with van der Waals surface area (Å²) in [6.07, 6.45) is 4.03. The monoisotopic (exact) mass is 281 g/mol. The average molecular weight is 282 g/mol. The predicted molar refractivity (Wildman–Crippen MR) is 72.8 cm³/mol. The molecule has 2 rings (SSSR count). The van der Waals surface area contributed by atoms with Crippen LogP contribution in [0.4, 0.5) is 0 Å². The number of rotatable bonds is 3. The fraction of sp³-hybridized carbons (Fsp3) is 0.571. The van der Waals surface area contributed by atoms with E-state index in [4.69, 9.17) is 0 Å². The third kappa shape index (κ3) is 3.08. The molecular weight excluding hydrogens is 262 g/mol. The molecule has 0 aliphatic carbocycles. The van der Waals surface area contributed by atoms with Crippen LogP contribution in [0.25, 0.3) is 0 Å². The van der Waals surface area contributed by atoms with Gasteiger partial charge in [-0.05, 0) is 55.8 Å². The lowest BCUT2D eigenvalue weighted by Crippen LogP contribution is -2.30. The maximum absolute atomic E-state index is 3.65. The smallest absolute Gasteiger partial charge is 0.0210 e. The van der Waals surface area contributed by atoms with Crippen LogP contribution >= 0.6 is 15.9 Å². The Morgan fingerprint density at radius 3 is 2.94 bits per heavy atom. The van der Waals surface area contributed by atoms with Gasteiger partial charge in [0.2, 0.25) is 0 Å². The Kier molecular flexibility index (Phi) is 4.42. The third-order valence-corrected chi connectivity index (χ3v) is 4.24. The molecule has 0 aromatic heterocycles. The summed E-state index contributed by atoms with van der Waals surface area (Å²) in [5, 5.41) is 3.49. The molecular formula is C14H20BrN. The number of hydrogen-bond acceptors (Lipinski definition) is 1.